The number of benzene rings is 2. The quantitative estimate of drug-likeness (QED) is 0.246. The van der Waals surface area contributed by atoms with Crippen LogP contribution in [0.3, 0.4) is 0 Å². The average molecular weight is 562 g/mol. The van der Waals surface area contributed by atoms with Gasteiger partial charge >= 0.3 is 0 Å². The molecule has 7 heteroatoms. The highest BCUT2D eigenvalue weighted by atomic mass is 79.9. The molecule has 3 heterocycles. The van der Waals surface area contributed by atoms with Crippen molar-refractivity contribution in [2.75, 3.05) is 0 Å². The van der Waals surface area contributed by atoms with E-state index < -0.39 is 0 Å². The minimum atomic E-state index is -0.383. The van der Waals surface area contributed by atoms with Crippen LogP contribution in [0, 0.1) is 5.82 Å². The van der Waals surface area contributed by atoms with Crippen LogP contribution in [0.25, 0.3) is 22.2 Å². The lowest BCUT2D eigenvalue weighted by Gasteiger charge is -2.29. The van der Waals surface area contributed by atoms with E-state index in [1.165, 1.54) is 36.8 Å². The average Bonchev–Trinajstić information content (AvgIpc) is 3.44. The molecule has 4 aromatic rings. The lowest BCUT2D eigenvalue weighted by Crippen LogP contribution is -2.22. The van der Waals surface area contributed by atoms with Gasteiger partial charge in [-0.05, 0) is 49.2 Å². The molecule has 0 amide bonds. The molecule has 6 rings (SSSR count). The van der Waals surface area contributed by atoms with Crippen molar-refractivity contribution in [2.45, 2.75) is 44.2 Å². The number of fused-ring (bicyclic) bond motifs is 5. The van der Waals surface area contributed by atoms with Crippen molar-refractivity contribution in [3.63, 3.8) is 0 Å². The first-order valence-corrected chi connectivity index (χ1v) is 12.8. The van der Waals surface area contributed by atoms with Gasteiger partial charge in [-0.2, -0.15) is 0 Å². The van der Waals surface area contributed by atoms with Gasteiger partial charge in [0.15, 0.2) is 0 Å². The highest BCUT2D eigenvalue weighted by Gasteiger charge is 2.36. The third kappa shape index (κ3) is 3.11. The molecule has 1 aliphatic carbocycles. The molecule has 1 aliphatic heterocycles. The van der Waals surface area contributed by atoms with Crippen molar-refractivity contribution >= 4 is 54.1 Å². The van der Waals surface area contributed by atoms with Crippen LogP contribution in [-0.4, -0.2) is 9.55 Å². The number of thiazole rings is 1. The second-order valence-corrected chi connectivity index (χ2v) is 11.6. The van der Waals surface area contributed by atoms with Crippen LogP contribution in [0.2, 0.25) is 0 Å². The zero-order valence-electron chi connectivity index (χ0n) is 16.8. The van der Waals surface area contributed by atoms with Crippen molar-refractivity contribution in [2.24, 2.45) is 0 Å². The molecule has 1 saturated carbocycles. The molecule has 1 fully saturated rings. The molecule has 0 bridgehead atoms. The van der Waals surface area contributed by atoms with Gasteiger partial charge in [-0.25, -0.2) is 9.37 Å². The van der Waals surface area contributed by atoms with E-state index in [0.717, 1.165) is 25.9 Å². The van der Waals surface area contributed by atoms with Gasteiger partial charge in [0.05, 0.1) is 26.7 Å². The number of aromatic nitrogens is 2. The Hall–Kier alpha value is -1.70. The summed E-state index contributed by atoms with van der Waals surface area (Å²) in [4.78, 5) is 5.86. The summed E-state index contributed by atoms with van der Waals surface area (Å²) in [5.74, 6) is 0.252. The third-order valence-corrected chi connectivity index (χ3v) is 8.82. The van der Waals surface area contributed by atoms with Crippen LogP contribution < -0.4 is 4.74 Å². The topological polar surface area (TPSA) is 27.1 Å². The van der Waals surface area contributed by atoms with E-state index in [-0.39, 0.29) is 17.5 Å². The van der Waals surface area contributed by atoms with Gasteiger partial charge < -0.3 is 4.74 Å². The molecule has 1 atom stereocenters. The summed E-state index contributed by atoms with van der Waals surface area (Å²) in [7, 11) is 0. The van der Waals surface area contributed by atoms with E-state index in [4.69, 9.17) is 9.72 Å². The smallest absolute Gasteiger partial charge is 0.213 e. The summed E-state index contributed by atoms with van der Waals surface area (Å²) < 4.78 is 25.3. The molecule has 0 spiro atoms. The molecule has 158 valence electrons. The maximum absolute atomic E-state index is 15.1. The summed E-state index contributed by atoms with van der Waals surface area (Å²) in [6.45, 7) is 2.32. The van der Waals surface area contributed by atoms with Crippen molar-refractivity contribution in [3.05, 3.63) is 67.2 Å². The molecular formula is C24H19Br2FN2OS. The molecule has 1 unspecified atom stereocenters. The Bertz CT molecular complexity index is 1340. The second-order valence-electron chi connectivity index (χ2n) is 8.67. The fraction of sp³-hybridized carbons (Fsp3) is 0.292. The fourth-order valence-corrected chi connectivity index (χ4v) is 6.88. The lowest BCUT2D eigenvalue weighted by atomic mass is 9.90. The fourth-order valence-electron chi connectivity index (χ4n) is 4.95. The molecule has 2 aromatic carbocycles. The highest BCUT2D eigenvalue weighted by molar-refractivity contribution is 9.10. The summed E-state index contributed by atoms with van der Waals surface area (Å²) in [6.07, 6.45) is 6.44. The highest BCUT2D eigenvalue weighted by Crippen LogP contribution is 2.49. The number of rotatable bonds is 2. The van der Waals surface area contributed by atoms with Crippen molar-refractivity contribution in [1.29, 1.82) is 0 Å². The second kappa shape index (κ2) is 7.15. The molecule has 3 nitrogen and oxygen atoms in total. The van der Waals surface area contributed by atoms with Crippen LogP contribution >= 0.6 is 43.2 Å². The van der Waals surface area contributed by atoms with E-state index in [0.29, 0.717) is 15.8 Å². The SMILES string of the molecule is CC1(c2ncc(C3Oc4cc(Br)cc(F)c4-c4cc5cc(Br)ccc5n43)s2)CCCC1. The number of ether oxygens (including phenoxy) is 1. The first-order valence-electron chi connectivity index (χ1n) is 10.4. The predicted molar refractivity (Wildman–Crippen MR) is 129 cm³/mol. The first-order chi connectivity index (χ1) is 14.9. The van der Waals surface area contributed by atoms with Crippen LogP contribution in [0.4, 0.5) is 4.39 Å². The standard InChI is InChI=1S/C24H19Br2FN2OS/c1-24(6-2-3-7-24)23-28-12-20(31-23)22-29-17-5-4-14(25)8-13(17)9-18(29)21-16(27)10-15(26)11-19(21)30-22/h4-5,8-12,22H,2-3,6-7H2,1H3. The van der Waals surface area contributed by atoms with Gasteiger partial charge in [-0.3, -0.25) is 4.57 Å². The lowest BCUT2D eigenvalue weighted by molar-refractivity contribution is 0.175. The van der Waals surface area contributed by atoms with Crippen LogP contribution in [0.5, 0.6) is 5.75 Å². The number of nitrogens with zero attached hydrogens (tertiary/aromatic N) is 2. The van der Waals surface area contributed by atoms with Gasteiger partial charge in [0, 0.05) is 25.9 Å². The number of halogens is 3. The normalized spacial score (nSPS) is 19.3. The van der Waals surface area contributed by atoms with Crippen LogP contribution in [0.15, 0.2) is 51.5 Å². The molecule has 0 saturated heterocycles. The van der Waals surface area contributed by atoms with Gasteiger partial charge in [0.1, 0.15) is 11.6 Å². The predicted octanol–water partition coefficient (Wildman–Crippen LogP) is 8.20. The van der Waals surface area contributed by atoms with E-state index in [1.807, 2.05) is 24.4 Å². The molecule has 31 heavy (non-hydrogen) atoms. The van der Waals surface area contributed by atoms with Gasteiger partial charge in [-0.1, -0.05) is 51.6 Å². The number of hydrogen-bond donors (Lipinski definition) is 0. The van der Waals surface area contributed by atoms with Crippen molar-refractivity contribution in [3.8, 4) is 17.0 Å². The summed E-state index contributed by atoms with van der Waals surface area (Å²) in [6, 6.07) is 11.5. The van der Waals surface area contributed by atoms with E-state index in [9.17, 15) is 0 Å². The van der Waals surface area contributed by atoms with Gasteiger partial charge in [0.25, 0.3) is 0 Å². The summed E-state index contributed by atoms with van der Waals surface area (Å²) >= 11 is 8.70. The maximum Gasteiger partial charge on any atom is 0.213 e. The van der Waals surface area contributed by atoms with Gasteiger partial charge in [0.2, 0.25) is 6.23 Å². The van der Waals surface area contributed by atoms with E-state index >= 15 is 4.39 Å². The molecular weight excluding hydrogens is 543 g/mol. The number of hydrogen-bond acceptors (Lipinski definition) is 3. The first kappa shape index (κ1) is 19.9. The Balaban J connectivity index is 1.56. The Morgan fingerprint density at radius 3 is 2.74 bits per heavy atom. The van der Waals surface area contributed by atoms with Crippen LogP contribution in [-0.2, 0) is 5.41 Å². The Kier molecular flexibility index (Phi) is 4.60. The monoisotopic (exact) mass is 560 g/mol. The maximum atomic E-state index is 15.1. The third-order valence-electron chi connectivity index (χ3n) is 6.54. The van der Waals surface area contributed by atoms with E-state index in [2.05, 4.69) is 55.5 Å². The van der Waals surface area contributed by atoms with E-state index in [1.54, 1.807) is 11.3 Å². The Labute approximate surface area is 200 Å². The van der Waals surface area contributed by atoms with Crippen LogP contribution in [0.1, 0.15) is 48.7 Å². The Morgan fingerprint density at radius 1 is 1.13 bits per heavy atom. The Morgan fingerprint density at radius 2 is 1.94 bits per heavy atom. The molecule has 0 radical (unpaired) electrons. The summed E-state index contributed by atoms with van der Waals surface area (Å²) in [5, 5.41) is 2.22. The van der Waals surface area contributed by atoms with Crippen molar-refractivity contribution in [1.82, 2.24) is 9.55 Å². The zero-order chi connectivity index (χ0) is 21.3. The largest absolute Gasteiger partial charge is 0.464 e. The molecule has 2 aliphatic rings. The molecule has 0 N–H and O–H groups in total. The zero-order valence-corrected chi connectivity index (χ0v) is 20.8. The summed E-state index contributed by atoms with van der Waals surface area (Å²) in [5.41, 5.74) is 2.49. The van der Waals surface area contributed by atoms with Gasteiger partial charge in [-0.15, -0.1) is 11.3 Å². The van der Waals surface area contributed by atoms with Crippen molar-refractivity contribution < 1.29 is 9.13 Å². The minimum absolute atomic E-state index is 0.150. The molecule has 2 aromatic heterocycles. The minimum Gasteiger partial charge on any atom is -0.464 e.